The minimum absolute atomic E-state index is 0.101. The molecule has 2 aromatic carbocycles. The van der Waals surface area contributed by atoms with Gasteiger partial charge in [-0.2, -0.15) is 0 Å². The van der Waals surface area contributed by atoms with Crippen molar-refractivity contribution < 1.29 is 9.59 Å². The Bertz CT molecular complexity index is 991. The summed E-state index contributed by atoms with van der Waals surface area (Å²) >= 11 is 18.5. The fraction of sp³-hybridized carbons (Fsp3) is 0.190. The average Bonchev–Trinajstić information content (AvgIpc) is 2.96. The molecule has 8 heteroatoms. The van der Waals surface area contributed by atoms with Gasteiger partial charge < -0.3 is 5.32 Å². The van der Waals surface area contributed by atoms with Crippen LogP contribution in [0.2, 0.25) is 10.0 Å². The van der Waals surface area contributed by atoms with Crippen molar-refractivity contribution in [2.45, 2.75) is 19.8 Å². The fourth-order valence-electron chi connectivity index (χ4n) is 2.71. The summed E-state index contributed by atoms with van der Waals surface area (Å²) in [4.78, 5) is 26.9. The fourth-order valence-corrected chi connectivity index (χ4v) is 4.47. The molecular weight excluding hydrogens is 447 g/mol. The molecule has 0 aliphatic carbocycles. The average molecular weight is 465 g/mol. The molecule has 1 N–H and O–H groups in total. The summed E-state index contributed by atoms with van der Waals surface area (Å²) < 4.78 is 0.448. The van der Waals surface area contributed by atoms with Crippen LogP contribution in [0.25, 0.3) is 6.08 Å². The molecule has 0 bridgehead atoms. The zero-order chi connectivity index (χ0) is 21.0. The SMILES string of the molecule is CCc1ccc(/C=C2\SC(=S)N(CCC(=O)Nc3ccc(Cl)cc3Cl)C2=O)cc1. The summed E-state index contributed by atoms with van der Waals surface area (Å²) in [6.07, 6.45) is 2.89. The molecule has 1 aliphatic rings. The van der Waals surface area contributed by atoms with Crippen molar-refractivity contribution in [2.75, 3.05) is 11.9 Å². The van der Waals surface area contributed by atoms with Gasteiger partial charge in [-0.3, -0.25) is 14.5 Å². The van der Waals surface area contributed by atoms with Gasteiger partial charge >= 0.3 is 0 Å². The van der Waals surface area contributed by atoms with Crippen LogP contribution in [-0.4, -0.2) is 27.6 Å². The van der Waals surface area contributed by atoms with Crippen LogP contribution in [0.4, 0.5) is 5.69 Å². The van der Waals surface area contributed by atoms with Gasteiger partial charge in [-0.25, -0.2) is 0 Å². The van der Waals surface area contributed by atoms with Crippen molar-refractivity contribution in [1.82, 2.24) is 4.90 Å². The molecule has 1 heterocycles. The summed E-state index contributed by atoms with van der Waals surface area (Å²) in [5.74, 6) is -0.445. The molecule has 1 aliphatic heterocycles. The van der Waals surface area contributed by atoms with Crippen LogP contribution < -0.4 is 5.32 Å². The van der Waals surface area contributed by atoms with E-state index >= 15 is 0 Å². The molecule has 3 rings (SSSR count). The molecule has 1 fully saturated rings. The van der Waals surface area contributed by atoms with Crippen LogP contribution in [0.5, 0.6) is 0 Å². The van der Waals surface area contributed by atoms with Crippen LogP contribution >= 0.6 is 47.2 Å². The highest BCUT2D eigenvalue weighted by atomic mass is 35.5. The number of halogens is 2. The normalized spacial score (nSPS) is 15.3. The van der Waals surface area contributed by atoms with E-state index in [1.54, 1.807) is 18.2 Å². The van der Waals surface area contributed by atoms with Crippen LogP contribution in [0.3, 0.4) is 0 Å². The highest BCUT2D eigenvalue weighted by Crippen LogP contribution is 2.33. The van der Waals surface area contributed by atoms with Gasteiger partial charge in [-0.05, 0) is 41.8 Å². The molecule has 4 nitrogen and oxygen atoms in total. The summed E-state index contributed by atoms with van der Waals surface area (Å²) in [7, 11) is 0. The molecule has 0 unspecified atom stereocenters. The Kier molecular flexibility index (Phi) is 7.35. The topological polar surface area (TPSA) is 49.4 Å². The highest BCUT2D eigenvalue weighted by molar-refractivity contribution is 8.26. The third-order valence-corrected chi connectivity index (χ3v) is 6.25. The van der Waals surface area contributed by atoms with Crippen molar-refractivity contribution in [3.05, 3.63) is 68.5 Å². The van der Waals surface area contributed by atoms with Crippen molar-refractivity contribution in [2.24, 2.45) is 0 Å². The number of hydrogen-bond acceptors (Lipinski definition) is 4. The number of rotatable bonds is 6. The van der Waals surface area contributed by atoms with Gasteiger partial charge in [-0.1, -0.05) is 78.4 Å². The summed E-state index contributed by atoms with van der Waals surface area (Å²) in [5, 5.41) is 3.56. The Labute approximate surface area is 189 Å². The Morgan fingerprint density at radius 2 is 1.93 bits per heavy atom. The lowest BCUT2D eigenvalue weighted by molar-refractivity contribution is -0.122. The predicted molar refractivity (Wildman–Crippen MR) is 125 cm³/mol. The first-order chi connectivity index (χ1) is 13.9. The van der Waals surface area contributed by atoms with Gasteiger partial charge in [0.2, 0.25) is 5.91 Å². The van der Waals surface area contributed by atoms with Gasteiger partial charge in [0.15, 0.2) is 0 Å². The third kappa shape index (κ3) is 5.60. The van der Waals surface area contributed by atoms with Crippen LogP contribution in [-0.2, 0) is 16.0 Å². The van der Waals surface area contributed by atoms with Crippen molar-refractivity contribution in [1.29, 1.82) is 0 Å². The second kappa shape index (κ2) is 9.76. The molecule has 0 radical (unpaired) electrons. The molecule has 2 amide bonds. The molecule has 29 heavy (non-hydrogen) atoms. The number of carbonyl (C=O) groups excluding carboxylic acids is 2. The lowest BCUT2D eigenvalue weighted by Gasteiger charge is -2.14. The lowest BCUT2D eigenvalue weighted by atomic mass is 10.1. The van der Waals surface area contributed by atoms with Crippen molar-refractivity contribution >= 4 is 75.1 Å². The highest BCUT2D eigenvalue weighted by Gasteiger charge is 2.32. The molecule has 0 saturated carbocycles. The smallest absolute Gasteiger partial charge is 0.266 e. The van der Waals surface area contributed by atoms with E-state index in [9.17, 15) is 9.59 Å². The van der Waals surface area contributed by atoms with Gasteiger partial charge in [0.05, 0.1) is 15.6 Å². The molecule has 2 aromatic rings. The van der Waals surface area contributed by atoms with Crippen LogP contribution in [0.15, 0.2) is 47.4 Å². The molecule has 1 saturated heterocycles. The molecule has 0 spiro atoms. The number of hydrogen-bond donors (Lipinski definition) is 1. The third-order valence-electron chi connectivity index (χ3n) is 4.33. The quantitative estimate of drug-likeness (QED) is 0.434. The number of thioether (sulfide) groups is 1. The zero-order valence-electron chi connectivity index (χ0n) is 15.6. The maximum absolute atomic E-state index is 12.7. The van der Waals surface area contributed by atoms with E-state index < -0.39 is 0 Å². The van der Waals surface area contributed by atoms with Gasteiger partial charge in [0.25, 0.3) is 5.91 Å². The number of thiocarbonyl (C=S) groups is 1. The van der Waals surface area contributed by atoms with Crippen LogP contribution in [0, 0.1) is 0 Å². The van der Waals surface area contributed by atoms with Crippen molar-refractivity contribution in [3.8, 4) is 0 Å². The number of amides is 2. The lowest BCUT2D eigenvalue weighted by Crippen LogP contribution is -2.31. The zero-order valence-corrected chi connectivity index (χ0v) is 18.7. The largest absolute Gasteiger partial charge is 0.325 e. The van der Waals surface area contributed by atoms with E-state index in [1.165, 1.54) is 22.2 Å². The Morgan fingerprint density at radius 3 is 2.59 bits per heavy atom. The number of aryl methyl sites for hydroxylation is 1. The molecule has 0 atom stereocenters. The second-order valence-corrected chi connectivity index (χ2v) is 8.87. The maximum Gasteiger partial charge on any atom is 0.266 e. The molecule has 150 valence electrons. The van der Waals surface area contributed by atoms with E-state index in [0.29, 0.717) is 25.0 Å². The van der Waals surface area contributed by atoms with E-state index in [4.69, 9.17) is 35.4 Å². The Hall–Kier alpha value is -1.86. The number of carbonyl (C=O) groups is 2. The number of anilines is 1. The van der Waals surface area contributed by atoms with E-state index in [2.05, 4.69) is 12.2 Å². The Balaban J connectivity index is 1.60. The van der Waals surface area contributed by atoms with Gasteiger partial charge in [0, 0.05) is 18.0 Å². The second-order valence-electron chi connectivity index (χ2n) is 6.35. The molecule has 0 aromatic heterocycles. The first-order valence-corrected chi connectivity index (χ1v) is 10.9. The first-order valence-electron chi connectivity index (χ1n) is 8.96. The molecular formula is C21H18Cl2N2O2S2. The van der Waals surface area contributed by atoms with Crippen LogP contribution in [0.1, 0.15) is 24.5 Å². The first kappa shape index (κ1) is 21.8. The van der Waals surface area contributed by atoms with Crippen molar-refractivity contribution in [3.63, 3.8) is 0 Å². The van der Waals surface area contributed by atoms with E-state index in [1.807, 2.05) is 30.3 Å². The Morgan fingerprint density at radius 1 is 1.21 bits per heavy atom. The number of benzene rings is 2. The van der Waals surface area contributed by atoms with Gasteiger partial charge in [-0.15, -0.1) is 0 Å². The summed E-state index contributed by atoms with van der Waals surface area (Å²) in [6.45, 7) is 2.30. The van der Waals surface area contributed by atoms with E-state index in [0.717, 1.165) is 12.0 Å². The standard InChI is InChI=1S/C21H18Cl2N2O2S2/c1-2-13-3-5-14(6-4-13)11-18-20(27)25(21(28)29-18)10-9-19(26)24-17-8-7-15(22)12-16(17)23/h3-8,11-12H,2,9-10H2,1H3,(H,24,26)/b18-11-. The predicted octanol–water partition coefficient (Wildman–Crippen LogP) is 5.79. The monoisotopic (exact) mass is 464 g/mol. The number of nitrogens with one attached hydrogen (secondary N) is 1. The van der Waals surface area contributed by atoms with Gasteiger partial charge in [0.1, 0.15) is 4.32 Å². The minimum Gasteiger partial charge on any atom is -0.325 e. The minimum atomic E-state index is -0.262. The number of nitrogens with zero attached hydrogens (tertiary/aromatic N) is 1. The van der Waals surface area contributed by atoms with E-state index in [-0.39, 0.29) is 24.8 Å². The summed E-state index contributed by atoms with van der Waals surface area (Å²) in [6, 6.07) is 12.9. The summed E-state index contributed by atoms with van der Waals surface area (Å²) in [5.41, 5.74) is 2.65. The maximum atomic E-state index is 12.7.